The lowest BCUT2D eigenvalue weighted by atomic mass is 10.0. The molecule has 0 atom stereocenters. The van der Waals surface area contributed by atoms with Crippen molar-refractivity contribution >= 4 is 11.8 Å². The van der Waals surface area contributed by atoms with E-state index in [4.69, 9.17) is 9.72 Å². The molecule has 2 aromatic rings. The van der Waals surface area contributed by atoms with E-state index in [2.05, 4.69) is 62.3 Å². The first kappa shape index (κ1) is 22.6. The molecule has 0 radical (unpaired) electrons. The summed E-state index contributed by atoms with van der Waals surface area (Å²) in [5, 5.41) is 3.75. The van der Waals surface area contributed by atoms with Gasteiger partial charge in [-0.25, -0.2) is 4.98 Å². The van der Waals surface area contributed by atoms with E-state index in [0.717, 1.165) is 89.2 Å². The number of rotatable bonds is 6. The zero-order valence-electron chi connectivity index (χ0n) is 20.0. The van der Waals surface area contributed by atoms with Crippen molar-refractivity contribution in [2.24, 2.45) is 0 Å². The van der Waals surface area contributed by atoms with Gasteiger partial charge in [0.05, 0.1) is 13.2 Å². The topological polar surface area (TPSA) is 56.8 Å². The van der Waals surface area contributed by atoms with E-state index in [9.17, 15) is 0 Å². The zero-order chi connectivity index (χ0) is 22.5. The minimum atomic E-state index is 0.477. The van der Waals surface area contributed by atoms with Crippen LogP contribution in [0.1, 0.15) is 36.8 Å². The summed E-state index contributed by atoms with van der Waals surface area (Å²) in [7, 11) is 0. The molecule has 7 nitrogen and oxygen atoms in total. The van der Waals surface area contributed by atoms with Crippen LogP contribution in [0.2, 0.25) is 0 Å². The monoisotopic (exact) mass is 450 g/mol. The van der Waals surface area contributed by atoms with Crippen molar-refractivity contribution < 1.29 is 4.74 Å². The molecule has 0 spiro atoms. The lowest BCUT2D eigenvalue weighted by molar-refractivity contribution is 0.0114. The van der Waals surface area contributed by atoms with Crippen molar-refractivity contribution in [3.05, 3.63) is 47.7 Å². The van der Waals surface area contributed by atoms with Gasteiger partial charge in [0.2, 0.25) is 5.95 Å². The third kappa shape index (κ3) is 5.83. The standard InChI is InChI=1S/C26H38N6O/c1-21-19-27-26(32-13-9-24(10-14-32)31-15-17-33-18-16-31)29-25(21)28-23-7-11-30(12-8-23)20-22-5-3-2-4-6-22/h2-6,19,23-24H,7-18,20H2,1H3,(H,27,28,29). The van der Waals surface area contributed by atoms with Gasteiger partial charge in [-0.1, -0.05) is 30.3 Å². The number of ether oxygens (including phenoxy) is 1. The van der Waals surface area contributed by atoms with Gasteiger partial charge < -0.3 is 15.0 Å². The Balaban J connectivity index is 1.13. The summed E-state index contributed by atoms with van der Waals surface area (Å²) in [6, 6.07) is 11.9. The maximum absolute atomic E-state index is 5.52. The second kappa shape index (κ2) is 10.8. The molecule has 1 aromatic carbocycles. The van der Waals surface area contributed by atoms with Crippen LogP contribution in [0, 0.1) is 6.92 Å². The lowest BCUT2D eigenvalue weighted by Crippen LogP contribution is -2.49. The van der Waals surface area contributed by atoms with E-state index in [1.165, 1.54) is 18.4 Å². The molecule has 3 aliphatic heterocycles. The van der Waals surface area contributed by atoms with Crippen molar-refractivity contribution in [1.82, 2.24) is 19.8 Å². The van der Waals surface area contributed by atoms with Crippen LogP contribution in [0.25, 0.3) is 0 Å². The highest BCUT2D eigenvalue weighted by molar-refractivity contribution is 5.48. The number of benzene rings is 1. The number of aryl methyl sites for hydroxylation is 1. The van der Waals surface area contributed by atoms with Crippen LogP contribution in [0.3, 0.4) is 0 Å². The van der Waals surface area contributed by atoms with E-state index in [-0.39, 0.29) is 0 Å². The van der Waals surface area contributed by atoms with Crippen LogP contribution in [0.4, 0.5) is 11.8 Å². The minimum Gasteiger partial charge on any atom is -0.379 e. The molecule has 0 saturated carbocycles. The Hall–Kier alpha value is -2.22. The fourth-order valence-electron chi connectivity index (χ4n) is 5.38. The van der Waals surface area contributed by atoms with Crippen LogP contribution < -0.4 is 10.2 Å². The van der Waals surface area contributed by atoms with Crippen LogP contribution in [0.5, 0.6) is 0 Å². The largest absolute Gasteiger partial charge is 0.379 e. The van der Waals surface area contributed by atoms with Crippen molar-refractivity contribution in [3.8, 4) is 0 Å². The molecular formula is C26H38N6O. The highest BCUT2D eigenvalue weighted by Gasteiger charge is 2.27. The number of morpholine rings is 1. The number of piperidine rings is 2. The van der Waals surface area contributed by atoms with Crippen LogP contribution >= 0.6 is 0 Å². The van der Waals surface area contributed by atoms with Gasteiger partial charge in [0.15, 0.2) is 0 Å². The molecule has 33 heavy (non-hydrogen) atoms. The number of likely N-dealkylation sites (tertiary alicyclic amines) is 1. The van der Waals surface area contributed by atoms with Crippen molar-refractivity contribution in [1.29, 1.82) is 0 Å². The van der Waals surface area contributed by atoms with Crippen molar-refractivity contribution in [2.75, 3.05) is 62.7 Å². The molecule has 1 N–H and O–H groups in total. The van der Waals surface area contributed by atoms with Gasteiger partial charge >= 0.3 is 0 Å². The van der Waals surface area contributed by atoms with E-state index in [0.29, 0.717) is 12.1 Å². The first-order valence-electron chi connectivity index (χ1n) is 12.7. The molecular weight excluding hydrogens is 412 g/mol. The highest BCUT2D eigenvalue weighted by atomic mass is 16.5. The molecule has 5 rings (SSSR count). The summed E-state index contributed by atoms with van der Waals surface area (Å²) in [5.41, 5.74) is 2.53. The second-order valence-electron chi connectivity index (χ2n) is 9.75. The molecule has 3 aliphatic rings. The molecule has 1 aromatic heterocycles. The van der Waals surface area contributed by atoms with Crippen LogP contribution in [-0.2, 0) is 11.3 Å². The van der Waals surface area contributed by atoms with Gasteiger partial charge in [0, 0.05) is 69.7 Å². The minimum absolute atomic E-state index is 0.477. The molecule has 7 heteroatoms. The van der Waals surface area contributed by atoms with Gasteiger partial charge in [-0.2, -0.15) is 4.98 Å². The molecule has 0 amide bonds. The average molecular weight is 451 g/mol. The smallest absolute Gasteiger partial charge is 0.227 e. The second-order valence-corrected chi connectivity index (χ2v) is 9.75. The van der Waals surface area contributed by atoms with Crippen LogP contribution in [-0.4, -0.2) is 84.3 Å². The fourth-order valence-corrected chi connectivity index (χ4v) is 5.38. The van der Waals surface area contributed by atoms with Gasteiger partial charge in [-0.3, -0.25) is 9.80 Å². The van der Waals surface area contributed by atoms with E-state index in [1.807, 2.05) is 6.20 Å². The number of anilines is 2. The SMILES string of the molecule is Cc1cnc(N2CCC(N3CCOCC3)CC2)nc1NC1CCN(Cc2ccccc2)CC1. The molecule has 0 unspecified atom stereocenters. The average Bonchev–Trinajstić information content (AvgIpc) is 2.88. The zero-order valence-corrected chi connectivity index (χ0v) is 20.0. The van der Waals surface area contributed by atoms with E-state index in [1.54, 1.807) is 0 Å². The van der Waals surface area contributed by atoms with Gasteiger partial charge in [0.1, 0.15) is 5.82 Å². The first-order valence-corrected chi connectivity index (χ1v) is 12.7. The fraction of sp³-hybridized carbons (Fsp3) is 0.615. The number of hydrogen-bond donors (Lipinski definition) is 1. The third-order valence-corrected chi connectivity index (χ3v) is 7.45. The van der Waals surface area contributed by atoms with Gasteiger partial charge in [-0.15, -0.1) is 0 Å². The number of nitrogens with zero attached hydrogens (tertiary/aromatic N) is 5. The first-order chi connectivity index (χ1) is 16.2. The summed E-state index contributed by atoms with van der Waals surface area (Å²) in [6.07, 6.45) is 6.65. The highest BCUT2D eigenvalue weighted by Crippen LogP contribution is 2.24. The predicted molar refractivity (Wildman–Crippen MR) is 133 cm³/mol. The number of nitrogens with one attached hydrogen (secondary N) is 1. The van der Waals surface area contributed by atoms with Gasteiger partial charge in [0.25, 0.3) is 0 Å². The van der Waals surface area contributed by atoms with Crippen molar-refractivity contribution in [2.45, 2.75) is 51.2 Å². The Morgan fingerprint density at radius 2 is 1.67 bits per heavy atom. The summed E-state index contributed by atoms with van der Waals surface area (Å²) in [4.78, 5) is 17.2. The quantitative estimate of drug-likeness (QED) is 0.725. The Bertz CT molecular complexity index is 872. The normalized spacial score (nSPS) is 21.9. The van der Waals surface area contributed by atoms with Crippen molar-refractivity contribution in [3.63, 3.8) is 0 Å². The third-order valence-electron chi connectivity index (χ3n) is 7.45. The summed E-state index contributed by atoms with van der Waals surface area (Å²) >= 11 is 0. The van der Waals surface area contributed by atoms with E-state index < -0.39 is 0 Å². The maximum Gasteiger partial charge on any atom is 0.227 e. The molecule has 0 bridgehead atoms. The Morgan fingerprint density at radius 3 is 2.39 bits per heavy atom. The number of aromatic nitrogens is 2. The maximum atomic E-state index is 5.52. The predicted octanol–water partition coefficient (Wildman–Crippen LogP) is 3.16. The Morgan fingerprint density at radius 1 is 0.939 bits per heavy atom. The van der Waals surface area contributed by atoms with Crippen LogP contribution in [0.15, 0.2) is 36.5 Å². The Labute approximate surface area is 198 Å². The molecule has 0 aliphatic carbocycles. The molecule has 178 valence electrons. The number of hydrogen-bond acceptors (Lipinski definition) is 7. The van der Waals surface area contributed by atoms with E-state index >= 15 is 0 Å². The molecule has 4 heterocycles. The lowest BCUT2D eigenvalue weighted by Gasteiger charge is -2.40. The summed E-state index contributed by atoms with van der Waals surface area (Å²) < 4.78 is 5.52. The summed E-state index contributed by atoms with van der Waals surface area (Å²) in [6.45, 7) is 11.4. The summed E-state index contributed by atoms with van der Waals surface area (Å²) in [5.74, 6) is 1.89. The molecule has 3 saturated heterocycles. The Kier molecular flexibility index (Phi) is 7.39. The van der Waals surface area contributed by atoms with Gasteiger partial charge in [-0.05, 0) is 38.2 Å². The molecule has 3 fully saturated rings.